The summed E-state index contributed by atoms with van der Waals surface area (Å²) in [4.78, 5) is 39.3. The number of nitrogens with zero attached hydrogens (tertiary/aromatic N) is 3. The highest BCUT2D eigenvalue weighted by Gasteiger charge is 2.19. The van der Waals surface area contributed by atoms with E-state index < -0.39 is 22.8 Å². The molecule has 0 saturated carbocycles. The van der Waals surface area contributed by atoms with E-state index in [4.69, 9.17) is 5.11 Å². The average Bonchev–Trinajstić information content (AvgIpc) is 2.41. The smallest absolute Gasteiger partial charge is 0.342 e. The van der Waals surface area contributed by atoms with Crippen LogP contribution in [-0.4, -0.2) is 26.9 Å². The lowest BCUT2D eigenvalue weighted by Gasteiger charge is -2.14. The largest absolute Gasteiger partial charge is 0.477 e. The van der Waals surface area contributed by atoms with Crippen molar-refractivity contribution in [1.29, 1.82) is 0 Å². The first-order chi connectivity index (χ1) is 9.84. The number of carbonyl (C=O) groups is 1. The van der Waals surface area contributed by atoms with Crippen molar-refractivity contribution in [3.8, 4) is 0 Å². The third kappa shape index (κ3) is 3.25. The van der Waals surface area contributed by atoms with E-state index in [2.05, 4.69) is 11.7 Å². The molecule has 7 heteroatoms. The zero-order valence-corrected chi connectivity index (χ0v) is 12.1. The minimum absolute atomic E-state index is 0.0272. The van der Waals surface area contributed by atoms with Crippen molar-refractivity contribution >= 4 is 18.5 Å². The fraction of sp³-hybridized carbons (Fsp3) is 0.286. The standard InChI is InChI=1S/C14H17N3O4/c1-5-6-7-11(15-4)17-12(18)10(13(19)20)8-16(9(2)3)14(17)21/h5-9H,4H2,1-3H3,(H,19,20)/b6-5-,11-7+. The van der Waals surface area contributed by atoms with Gasteiger partial charge in [-0.05, 0) is 33.6 Å². The van der Waals surface area contributed by atoms with Crippen LogP contribution in [0.3, 0.4) is 0 Å². The summed E-state index contributed by atoms with van der Waals surface area (Å²) >= 11 is 0. The molecule has 112 valence electrons. The quantitative estimate of drug-likeness (QED) is 0.654. The number of hydrogen-bond acceptors (Lipinski definition) is 4. The van der Waals surface area contributed by atoms with Crippen molar-refractivity contribution in [1.82, 2.24) is 9.13 Å². The Labute approximate surface area is 121 Å². The molecule has 1 N–H and O–H groups in total. The molecule has 0 aliphatic carbocycles. The number of carboxylic acid groups (broad SMARTS) is 1. The number of aromatic carboxylic acids is 1. The van der Waals surface area contributed by atoms with Gasteiger partial charge in [-0.3, -0.25) is 9.36 Å². The first-order valence-electron chi connectivity index (χ1n) is 6.26. The van der Waals surface area contributed by atoms with Gasteiger partial charge in [0.05, 0.1) is 0 Å². The van der Waals surface area contributed by atoms with Crippen LogP contribution in [0.5, 0.6) is 0 Å². The Morgan fingerprint density at radius 1 is 1.43 bits per heavy atom. The zero-order valence-electron chi connectivity index (χ0n) is 12.1. The third-order valence-corrected chi connectivity index (χ3v) is 2.73. The molecule has 0 unspecified atom stereocenters. The number of carboxylic acids is 1. The van der Waals surface area contributed by atoms with E-state index in [-0.39, 0.29) is 11.9 Å². The summed E-state index contributed by atoms with van der Waals surface area (Å²) in [6, 6.07) is -0.310. The third-order valence-electron chi connectivity index (χ3n) is 2.73. The van der Waals surface area contributed by atoms with Crippen LogP contribution < -0.4 is 11.2 Å². The van der Waals surface area contributed by atoms with Crippen LogP contribution in [-0.2, 0) is 0 Å². The summed E-state index contributed by atoms with van der Waals surface area (Å²) < 4.78 is 1.87. The molecular formula is C14H17N3O4. The second kappa shape index (κ2) is 6.65. The highest BCUT2D eigenvalue weighted by atomic mass is 16.4. The molecule has 21 heavy (non-hydrogen) atoms. The minimum atomic E-state index is -1.41. The van der Waals surface area contributed by atoms with E-state index >= 15 is 0 Å². The number of allylic oxidation sites excluding steroid dienone is 3. The van der Waals surface area contributed by atoms with Crippen LogP contribution in [0.25, 0.3) is 5.82 Å². The van der Waals surface area contributed by atoms with Crippen LogP contribution in [0.1, 0.15) is 37.2 Å². The van der Waals surface area contributed by atoms with Crippen LogP contribution >= 0.6 is 0 Å². The minimum Gasteiger partial charge on any atom is -0.477 e. The van der Waals surface area contributed by atoms with Gasteiger partial charge in [0.1, 0.15) is 11.4 Å². The molecule has 0 bridgehead atoms. The monoisotopic (exact) mass is 291 g/mol. The molecule has 0 atom stereocenters. The van der Waals surface area contributed by atoms with Crippen LogP contribution in [0, 0.1) is 0 Å². The van der Waals surface area contributed by atoms with Gasteiger partial charge in [0.25, 0.3) is 5.56 Å². The second-order valence-corrected chi connectivity index (χ2v) is 4.48. The lowest BCUT2D eigenvalue weighted by atomic mass is 10.3. The van der Waals surface area contributed by atoms with Gasteiger partial charge in [0.15, 0.2) is 0 Å². The number of hydrogen-bond donors (Lipinski definition) is 1. The first kappa shape index (κ1) is 16.4. The maximum Gasteiger partial charge on any atom is 0.342 e. The van der Waals surface area contributed by atoms with Gasteiger partial charge in [0, 0.05) is 12.2 Å². The normalized spacial score (nSPS) is 12.1. The van der Waals surface area contributed by atoms with Crippen molar-refractivity contribution in [2.75, 3.05) is 0 Å². The predicted octanol–water partition coefficient (Wildman–Crippen LogP) is 1.36. The van der Waals surface area contributed by atoms with E-state index in [0.29, 0.717) is 4.57 Å². The highest BCUT2D eigenvalue weighted by Crippen LogP contribution is 2.05. The first-order valence-corrected chi connectivity index (χ1v) is 6.26. The molecule has 0 aromatic carbocycles. The van der Waals surface area contributed by atoms with Crippen molar-refractivity contribution in [2.24, 2.45) is 4.99 Å². The van der Waals surface area contributed by atoms with Crippen LogP contribution in [0.4, 0.5) is 0 Å². The maximum atomic E-state index is 12.3. The molecule has 0 radical (unpaired) electrons. The lowest BCUT2D eigenvalue weighted by Crippen LogP contribution is -2.42. The van der Waals surface area contributed by atoms with Gasteiger partial charge >= 0.3 is 11.7 Å². The molecule has 0 spiro atoms. The summed E-state index contributed by atoms with van der Waals surface area (Å²) in [6.07, 6.45) is 5.71. The second-order valence-electron chi connectivity index (χ2n) is 4.48. The predicted molar refractivity (Wildman–Crippen MR) is 80.9 cm³/mol. The molecule has 1 rings (SSSR count). The number of rotatable bonds is 5. The Bertz CT molecular complexity index is 736. The summed E-state index contributed by atoms with van der Waals surface area (Å²) in [5.41, 5.74) is -2.10. The molecule has 0 aliphatic rings. The maximum absolute atomic E-state index is 12.3. The van der Waals surface area contributed by atoms with E-state index in [9.17, 15) is 14.4 Å². The fourth-order valence-electron chi connectivity index (χ4n) is 1.67. The summed E-state index contributed by atoms with van der Waals surface area (Å²) in [5, 5.41) is 9.11. The Balaban J connectivity index is 3.87. The van der Waals surface area contributed by atoms with Gasteiger partial charge in [-0.1, -0.05) is 12.2 Å². The van der Waals surface area contributed by atoms with E-state index in [1.165, 1.54) is 10.6 Å². The van der Waals surface area contributed by atoms with E-state index in [1.807, 2.05) is 0 Å². The fourth-order valence-corrected chi connectivity index (χ4v) is 1.67. The molecular weight excluding hydrogens is 274 g/mol. The number of aromatic nitrogens is 2. The van der Waals surface area contributed by atoms with Crippen molar-refractivity contribution in [2.45, 2.75) is 26.8 Å². The molecule has 0 aliphatic heterocycles. The van der Waals surface area contributed by atoms with Crippen LogP contribution in [0.2, 0.25) is 0 Å². The average molecular weight is 291 g/mol. The van der Waals surface area contributed by atoms with Crippen molar-refractivity contribution < 1.29 is 9.90 Å². The van der Waals surface area contributed by atoms with Gasteiger partial charge in [-0.25, -0.2) is 19.1 Å². The topological polar surface area (TPSA) is 93.7 Å². The van der Waals surface area contributed by atoms with E-state index in [0.717, 1.165) is 6.20 Å². The SMILES string of the molecule is C=N/C(=C\C=C/C)n1c(=O)c(C(=O)O)cn(C(C)C)c1=O. The Kier molecular flexibility index (Phi) is 5.18. The lowest BCUT2D eigenvalue weighted by molar-refractivity contribution is 0.0693. The van der Waals surface area contributed by atoms with Gasteiger partial charge in [-0.15, -0.1) is 0 Å². The molecule has 7 nitrogen and oxygen atoms in total. The molecule has 1 aromatic heterocycles. The van der Waals surface area contributed by atoms with Gasteiger partial charge in [-0.2, -0.15) is 0 Å². The molecule has 1 heterocycles. The van der Waals surface area contributed by atoms with Crippen molar-refractivity contribution in [3.63, 3.8) is 0 Å². The molecule has 0 saturated heterocycles. The highest BCUT2D eigenvalue weighted by molar-refractivity contribution is 5.87. The molecule has 0 amide bonds. The van der Waals surface area contributed by atoms with Crippen LogP contribution in [0.15, 0.2) is 39.0 Å². The Morgan fingerprint density at radius 3 is 2.48 bits per heavy atom. The summed E-state index contributed by atoms with van der Waals surface area (Å²) in [7, 11) is 0. The van der Waals surface area contributed by atoms with E-state index in [1.54, 1.807) is 32.9 Å². The Hall–Kier alpha value is -2.70. The van der Waals surface area contributed by atoms with Crippen molar-refractivity contribution in [3.05, 3.63) is 50.8 Å². The van der Waals surface area contributed by atoms with Gasteiger partial charge < -0.3 is 5.11 Å². The summed E-state index contributed by atoms with van der Waals surface area (Å²) in [5.74, 6) is -1.43. The van der Waals surface area contributed by atoms with Gasteiger partial charge in [0.2, 0.25) is 0 Å². The molecule has 1 aromatic rings. The molecule has 0 fully saturated rings. The Morgan fingerprint density at radius 2 is 2.05 bits per heavy atom. The zero-order chi connectivity index (χ0) is 16.2. The number of aliphatic imine (C=N–C) groups is 1. The summed E-state index contributed by atoms with van der Waals surface area (Å²) in [6.45, 7) is 8.48.